The quantitative estimate of drug-likeness (QED) is 0.899. The van der Waals surface area contributed by atoms with Gasteiger partial charge in [-0.2, -0.15) is 0 Å². The molecule has 6 heteroatoms. The van der Waals surface area contributed by atoms with E-state index >= 15 is 0 Å². The molecule has 1 aromatic carbocycles. The molecule has 0 radical (unpaired) electrons. The van der Waals surface area contributed by atoms with Crippen LogP contribution in [0.2, 0.25) is 5.02 Å². The minimum absolute atomic E-state index is 0.00402. The van der Waals surface area contributed by atoms with Crippen molar-refractivity contribution >= 4 is 17.5 Å². The van der Waals surface area contributed by atoms with E-state index in [1.54, 1.807) is 17.0 Å². The van der Waals surface area contributed by atoms with E-state index in [9.17, 15) is 4.79 Å². The second-order valence-electron chi connectivity index (χ2n) is 5.08. The van der Waals surface area contributed by atoms with Crippen LogP contribution in [0.4, 0.5) is 0 Å². The van der Waals surface area contributed by atoms with Crippen molar-refractivity contribution in [2.75, 3.05) is 26.3 Å². The van der Waals surface area contributed by atoms with Gasteiger partial charge in [0.15, 0.2) is 0 Å². The molecule has 1 amide bonds. The minimum Gasteiger partial charge on any atom is -0.491 e. The zero-order valence-electron chi connectivity index (χ0n) is 12.0. The molecule has 21 heavy (non-hydrogen) atoms. The van der Waals surface area contributed by atoms with Crippen LogP contribution in [0.25, 0.3) is 0 Å². The predicted molar refractivity (Wildman–Crippen MR) is 79.6 cm³/mol. The Bertz CT molecular complexity index is 482. The molecular formula is C15H20ClNO4. The van der Waals surface area contributed by atoms with Crippen LogP contribution >= 0.6 is 11.6 Å². The number of nitrogens with zero attached hydrogens (tertiary/aromatic N) is 1. The Hall–Kier alpha value is -1.30. The van der Waals surface area contributed by atoms with Crippen molar-refractivity contribution in [1.82, 2.24) is 4.90 Å². The first kappa shape index (κ1) is 16.1. The average molecular weight is 314 g/mol. The molecule has 0 aromatic heterocycles. The van der Waals surface area contributed by atoms with Crippen molar-refractivity contribution in [2.24, 2.45) is 0 Å². The van der Waals surface area contributed by atoms with Gasteiger partial charge in [-0.25, -0.2) is 0 Å². The lowest BCUT2D eigenvalue weighted by atomic mass is 10.2. The van der Waals surface area contributed by atoms with Crippen molar-refractivity contribution in [3.63, 3.8) is 0 Å². The summed E-state index contributed by atoms with van der Waals surface area (Å²) in [6.07, 6.45) is -0.0951. The second kappa shape index (κ2) is 7.64. The first-order valence-electron chi connectivity index (χ1n) is 7.01. The van der Waals surface area contributed by atoms with Crippen LogP contribution in [0.1, 0.15) is 13.3 Å². The number of para-hydroxylation sites is 1. The van der Waals surface area contributed by atoms with Gasteiger partial charge in [0, 0.05) is 13.1 Å². The number of rotatable bonds is 5. The van der Waals surface area contributed by atoms with Crippen molar-refractivity contribution in [2.45, 2.75) is 25.6 Å². The van der Waals surface area contributed by atoms with Gasteiger partial charge in [-0.05, 0) is 19.1 Å². The minimum atomic E-state index is -0.304. The number of hydrogen-bond acceptors (Lipinski definition) is 4. The summed E-state index contributed by atoms with van der Waals surface area (Å²) < 4.78 is 11.0. The zero-order chi connectivity index (χ0) is 15.2. The lowest BCUT2D eigenvalue weighted by Crippen LogP contribution is -2.50. The van der Waals surface area contributed by atoms with Crippen molar-refractivity contribution in [1.29, 1.82) is 0 Å². The number of ether oxygens (including phenoxy) is 2. The fourth-order valence-corrected chi connectivity index (χ4v) is 2.51. The molecule has 1 heterocycles. The van der Waals surface area contributed by atoms with E-state index in [4.69, 9.17) is 26.2 Å². The number of aliphatic hydroxyl groups is 1. The first-order valence-corrected chi connectivity index (χ1v) is 7.39. The Morgan fingerprint density at radius 2 is 2.24 bits per heavy atom. The number of halogens is 1. The molecule has 0 bridgehead atoms. The van der Waals surface area contributed by atoms with Crippen molar-refractivity contribution < 1.29 is 19.4 Å². The standard InChI is InChI=1S/C15H20ClNO4/c1-11-8-17(9-12(10-18)21-11)15(19)6-7-20-14-5-3-2-4-13(14)16/h2-5,11-12,18H,6-10H2,1H3. The Morgan fingerprint density at radius 3 is 2.95 bits per heavy atom. The summed E-state index contributed by atoms with van der Waals surface area (Å²) in [5.41, 5.74) is 0. The number of hydrogen-bond donors (Lipinski definition) is 1. The summed E-state index contributed by atoms with van der Waals surface area (Å²) in [4.78, 5) is 13.9. The van der Waals surface area contributed by atoms with E-state index in [1.165, 1.54) is 0 Å². The van der Waals surface area contributed by atoms with Crippen LogP contribution in [0.3, 0.4) is 0 Å². The SMILES string of the molecule is CC1CN(C(=O)CCOc2ccccc2Cl)CC(CO)O1. The number of benzene rings is 1. The lowest BCUT2D eigenvalue weighted by molar-refractivity contribution is -0.147. The van der Waals surface area contributed by atoms with Gasteiger partial charge in [-0.3, -0.25) is 4.79 Å². The number of morpholine rings is 1. The van der Waals surface area contributed by atoms with Gasteiger partial charge in [0.25, 0.3) is 0 Å². The van der Waals surface area contributed by atoms with Crippen LogP contribution in [0.15, 0.2) is 24.3 Å². The molecule has 2 unspecified atom stereocenters. The van der Waals surface area contributed by atoms with Crippen LogP contribution in [-0.2, 0) is 9.53 Å². The van der Waals surface area contributed by atoms with Gasteiger partial charge >= 0.3 is 0 Å². The molecule has 2 atom stereocenters. The third-order valence-electron chi connectivity index (χ3n) is 3.29. The Labute approximate surface area is 129 Å². The lowest BCUT2D eigenvalue weighted by Gasteiger charge is -2.36. The van der Waals surface area contributed by atoms with Crippen LogP contribution in [0, 0.1) is 0 Å². The molecule has 1 saturated heterocycles. The van der Waals surface area contributed by atoms with E-state index in [0.717, 1.165) is 0 Å². The molecule has 1 aromatic rings. The third kappa shape index (κ3) is 4.59. The summed E-state index contributed by atoms with van der Waals surface area (Å²) in [6, 6.07) is 7.17. The molecule has 2 rings (SSSR count). The monoisotopic (exact) mass is 313 g/mol. The normalized spacial score (nSPS) is 22.1. The molecule has 1 N–H and O–H groups in total. The fraction of sp³-hybridized carbons (Fsp3) is 0.533. The summed E-state index contributed by atoms with van der Waals surface area (Å²) in [5.74, 6) is 0.575. The third-order valence-corrected chi connectivity index (χ3v) is 3.61. The van der Waals surface area contributed by atoms with E-state index in [0.29, 0.717) is 23.9 Å². The smallest absolute Gasteiger partial charge is 0.226 e. The Kier molecular flexibility index (Phi) is 5.85. The van der Waals surface area contributed by atoms with Crippen molar-refractivity contribution in [3.8, 4) is 5.75 Å². The summed E-state index contributed by atoms with van der Waals surface area (Å²) >= 11 is 5.98. The summed E-state index contributed by atoms with van der Waals surface area (Å²) in [7, 11) is 0. The molecule has 116 valence electrons. The highest BCUT2D eigenvalue weighted by molar-refractivity contribution is 6.32. The maximum atomic E-state index is 12.2. The van der Waals surface area contributed by atoms with Gasteiger partial charge in [-0.15, -0.1) is 0 Å². The number of carbonyl (C=O) groups is 1. The van der Waals surface area contributed by atoms with Gasteiger partial charge in [0.1, 0.15) is 5.75 Å². The van der Waals surface area contributed by atoms with Crippen molar-refractivity contribution in [3.05, 3.63) is 29.3 Å². The van der Waals surface area contributed by atoms with Gasteiger partial charge < -0.3 is 19.5 Å². The molecule has 1 fully saturated rings. The van der Waals surface area contributed by atoms with Crippen LogP contribution in [-0.4, -0.2) is 54.4 Å². The Morgan fingerprint density at radius 1 is 1.48 bits per heavy atom. The van der Waals surface area contributed by atoms with E-state index in [2.05, 4.69) is 0 Å². The van der Waals surface area contributed by atoms with Gasteiger partial charge in [-0.1, -0.05) is 23.7 Å². The number of amides is 1. The summed E-state index contributed by atoms with van der Waals surface area (Å²) in [5, 5.41) is 9.69. The predicted octanol–water partition coefficient (Wildman–Crippen LogP) is 1.72. The largest absolute Gasteiger partial charge is 0.491 e. The highest BCUT2D eigenvalue weighted by Crippen LogP contribution is 2.23. The van der Waals surface area contributed by atoms with Crippen LogP contribution < -0.4 is 4.74 Å². The molecular weight excluding hydrogens is 294 g/mol. The van der Waals surface area contributed by atoms with Crippen LogP contribution in [0.5, 0.6) is 5.75 Å². The molecule has 0 saturated carbocycles. The molecule has 0 aliphatic carbocycles. The van der Waals surface area contributed by atoms with Gasteiger partial charge in [0.05, 0.1) is 36.9 Å². The average Bonchev–Trinajstić information content (AvgIpc) is 2.48. The molecule has 1 aliphatic rings. The molecule has 5 nitrogen and oxygen atoms in total. The maximum Gasteiger partial charge on any atom is 0.226 e. The van der Waals surface area contributed by atoms with E-state index in [-0.39, 0.29) is 37.7 Å². The van der Waals surface area contributed by atoms with E-state index < -0.39 is 0 Å². The highest BCUT2D eigenvalue weighted by atomic mass is 35.5. The Balaban J connectivity index is 1.80. The van der Waals surface area contributed by atoms with E-state index in [1.807, 2.05) is 19.1 Å². The fourth-order valence-electron chi connectivity index (χ4n) is 2.32. The summed E-state index contributed by atoms with van der Waals surface area (Å²) in [6.45, 7) is 3.05. The topological polar surface area (TPSA) is 59.0 Å². The first-order chi connectivity index (χ1) is 10.1. The number of carbonyl (C=O) groups excluding carboxylic acids is 1. The molecule has 0 spiro atoms. The number of aliphatic hydroxyl groups excluding tert-OH is 1. The second-order valence-corrected chi connectivity index (χ2v) is 5.49. The van der Waals surface area contributed by atoms with Gasteiger partial charge in [0.2, 0.25) is 5.91 Å². The zero-order valence-corrected chi connectivity index (χ0v) is 12.8. The molecule has 1 aliphatic heterocycles. The maximum absolute atomic E-state index is 12.2. The highest BCUT2D eigenvalue weighted by Gasteiger charge is 2.27.